The van der Waals surface area contributed by atoms with Crippen molar-refractivity contribution in [3.63, 3.8) is 0 Å². The maximum atomic E-state index is 13.7. The summed E-state index contributed by atoms with van der Waals surface area (Å²) in [7, 11) is 0. The zero-order valence-corrected chi connectivity index (χ0v) is 23.2. The van der Waals surface area contributed by atoms with E-state index in [0.717, 1.165) is 22.3 Å². The highest BCUT2D eigenvalue weighted by molar-refractivity contribution is 7.99. The highest BCUT2D eigenvalue weighted by Gasteiger charge is 2.30. The molecule has 0 aliphatic carbocycles. The van der Waals surface area contributed by atoms with E-state index in [2.05, 4.69) is 11.4 Å². The first-order valence-corrected chi connectivity index (χ1v) is 13.9. The molecule has 0 aliphatic rings. The lowest BCUT2D eigenvalue weighted by molar-refractivity contribution is -0.139. The molecule has 1 atom stereocenters. The fraction of sp³-hybridized carbons (Fsp3) is 0.310. The van der Waals surface area contributed by atoms with Crippen molar-refractivity contribution in [3.8, 4) is 0 Å². The molecule has 0 unspecified atom stereocenters. The van der Waals surface area contributed by atoms with Crippen LogP contribution in [0.25, 0.3) is 0 Å². The third kappa shape index (κ3) is 8.29. The maximum absolute atomic E-state index is 13.7. The largest absolute Gasteiger partial charge is 0.352 e. The number of carbonyl (C=O) groups excluding carboxylic acids is 2. The minimum Gasteiger partial charge on any atom is -0.352 e. The zero-order valence-electron chi connectivity index (χ0n) is 20.8. The van der Waals surface area contributed by atoms with Gasteiger partial charge in [0.25, 0.3) is 0 Å². The van der Waals surface area contributed by atoms with Gasteiger partial charge in [0.05, 0.1) is 5.75 Å². The Morgan fingerprint density at radius 1 is 0.917 bits per heavy atom. The zero-order chi connectivity index (χ0) is 26.1. The van der Waals surface area contributed by atoms with Crippen LogP contribution in [0.3, 0.4) is 0 Å². The summed E-state index contributed by atoms with van der Waals surface area (Å²) in [6.45, 7) is 6.21. The molecule has 0 spiro atoms. The quantitative estimate of drug-likeness (QED) is 0.293. The lowest BCUT2D eigenvalue weighted by Gasteiger charge is -2.32. The van der Waals surface area contributed by atoms with E-state index in [1.165, 1.54) is 11.8 Å². The molecule has 3 aromatic rings. The van der Waals surface area contributed by atoms with E-state index >= 15 is 0 Å². The number of aryl methyl sites for hydroxylation is 1. The Labute approximate surface area is 228 Å². The van der Waals surface area contributed by atoms with Gasteiger partial charge in [-0.25, -0.2) is 0 Å². The van der Waals surface area contributed by atoms with E-state index in [0.29, 0.717) is 28.8 Å². The van der Waals surface area contributed by atoms with Crippen molar-refractivity contribution in [2.45, 2.75) is 51.6 Å². The molecule has 0 fully saturated rings. The third-order valence-corrected chi connectivity index (χ3v) is 7.32. The Hall–Kier alpha value is -2.47. The molecule has 7 heteroatoms. The number of nitrogens with one attached hydrogen (secondary N) is 1. The van der Waals surface area contributed by atoms with Crippen molar-refractivity contribution in [3.05, 3.63) is 105 Å². The molecule has 0 aromatic heterocycles. The SMILES string of the molecule is Cc1cccc(CN(C(=O)CSCc2c(Cl)cccc2Cl)[C@H](Cc2ccccc2)C(=O)NC(C)C)c1. The number of benzene rings is 3. The molecule has 3 aromatic carbocycles. The summed E-state index contributed by atoms with van der Waals surface area (Å²) in [6, 6.07) is 22.5. The van der Waals surface area contributed by atoms with Gasteiger partial charge in [-0.1, -0.05) is 89.4 Å². The van der Waals surface area contributed by atoms with Gasteiger partial charge in [-0.2, -0.15) is 0 Å². The van der Waals surface area contributed by atoms with E-state index in [1.54, 1.807) is 23.1 Å². The highest BCUT2D eigenvalue weighted by Crippen LogP contribution is 2.28. The molecule has 0 radical (unpaired) electrons. The van der Waals surface area contributed by atoms with Crippen LogP contribution in [0.1, 0.15) is 36.1 Å². The Kier molecular flexibility index (Phi) is 10.7. The van der Waals surface area contributed by atoms with Gasteiger partial charge in [0.2, 0.25) is 11.8 Å². The third-order valence-electron chi connectivity index (χ3n) is 5.67. The van der Waals surface area contributed by atoms with Gasteiger partial charge in [0.1, 0.15) is 6.04 Å². The number of amides is 2. The van der Waals surface area contributed by atoms with Gasteiger partial charge in [-0.05, 0) is 49.6 Å². The van der Waals surface area contributed by atoms with Gasteiger partial charge in [-0.15, -0.1) is 11.8 Å². The highest BCUT2D eigenvalue weighted by atomic mass is 35.5. The van der Waals surface area contributed by atoms with Crippen LogP contribution in [0.15, 0.2) is 72.8 Å². The molecule has 0 heterocycles. The standard InChI is InChI=1S/C29H32Cl2N2O2S/c1-20(2)32-29(35)27(16-22-10-5-4-6-11-22)33(17-23-12-7-9-21(3)15-23)28(34)19-36-18-24-25(30)13-8-14-26(24)31/h4-15,20,27H,16-19H2,1-3H3,(H,32,35)/t27-/m1/s1. The second-order valence-electron chi connectivity index (χ2n) is 9.07. The van der Waals surface area contributed by atoms with Crippen LogP contribution in [0.5, 0.6) is 0 Å². The summed E-state index contributed by atoms with van der Waals surface area (Å²) < 4.78 is 0. The number of hydrogen-bond donors (Lipinski definition) is 1. The fourth-order valence-electron chi connectivity index (χ4n) is 3.94. The normalized spacial score (nSPS) is 11.8. The van der Waals surface area contributed by atoms with Crippen molar-refractivity contribution in [1.82, 2.24) is 10.2 Å². The van der Waals surface area contributed by atoms with E-state index in [1.807, 2.05) is 69.3 Å². The molecule has 3 rings (SSSR count). The van der Waals surface area contributed by atoms with Crippen molar-refractivity contribution in [2.24, 2.45) is 0 Å². The van der Waals surface area contributed by atoms with Crippen molar-refractivity contribution in [2.75, 3.05) is 5.75 Å². The summed E-state index contributed by atoms with van der Waals surface area (Å²) in [5.74, 6) is 0.441. The fourth-order valence-corrected chi connectivity index (χ4v) is 5.58. The molecule has 1 N–H and O–H groups in total. The smallest absolute Gasteiger partial charge is 0.243 e. The second kappa shape index (κ2) is 13.7. The van der Waals surface area contributed by atoms with Gasteiger partial charge in [0, 0.05) is 34.8 Å². The molecule has 2 amide bonds. The van der Waals surface area contributed by atoms with Gasteiger partial charge in [0.15, 0.2) is 0 Å². The average molecular weight is 544 g/mol. The topological polar surface area (TPSA) is 49.4 Å². The van der Waals surface area contributed by atoms with Crippen LogP contribution in [-0.2, 0) is 28.3 Å². The van der Waals surface area contributed by atoms with Crippen LogP contribution < -0.4 is 5.32 Å². The van der Waals surface area contributed by atoms with Crippen molar-refractivity contribution in [1.29, 1.82) is 0 Å². The lowest BCUT2D eigenvalue weighted by Crippen LogP contribution is -2.52. The minimum atomic E-state index is -0.646. The summed E-state index contributed by atoms with van der Waals surface area (Å²) in [6.07, 6.45) is 0.429. The van der Waals surface area contributed by atoms with Crippen molar-refractivity contribution < 1.29 is 9.59 Å². The van der Waals surface area contributed by atoms with Gasteiger partial charge < -0.3 is 10.2 Å². The molecule has 36 heavy (non-hydrogen) atoms. The first-order valence-electron chi connectivity index (χ1n) is 11.9. The predicted molar refractivity (Wildman–Crippen MR) is 152 cm³/mol. The molecule has 190 valence electrons. The van der Waals surface area contributed by atoms with Gasteiger partial charge >= 0.3 is 0 Å². The Morgan fingerprint density at radius 2 is 1.56 bits per heavy atom. The van der Waals surface area contributed by atoms with Crippen molar-refractivity contribution >= 4 is 46.8 Å². The van der Waals surface area contributed by atoms with Crippen LogP contribution in [0.2, 0.25) is 10.0 Å². The predicted octanol–water partition coefficient (Wildman–Crippen LogP) is 6.70. The molecule has 0 saturated carbocycles. The van der Waals surface area contributed by atoms with Crippen LogP contribution in [-0.4, -0.2) is 34.6 Å². The first-order chi connectivity index (χ1) is 17.2. The molecule has 0 aliphatic heterocycles. The Balaban J connectivity index is 1.87. The molecule has 0 saturated heterocycles. The number of thioether (sulfide) groups is 1. The summed E-state index contributed by atoms with van der Waals surface area (Å²) in [4.78, 5) is 28.8. The Morgan fingerprint density at radius 3 is 2.19 bits per heavy atom. The number of nitrogens with zero attached hydrogens (tertiary/aromatic N) is 1. The van der Waals surface area contributed by atoms with E-state index in [-0.39, 0.29) is 23.6 Å². The number of rotatable bonds is 11. The summed E-state index contributed by atoms with van der Waals surface area (Å²) in [5.41, 5.74) is 3.90. The van der Waals surface area contributed by atoms with Crippen LogP contribution >= 0.6 is 35.0 Å². The van der Waals surface area contributed by atoms with Crippen LogP contribution in [0, 0.1) is 6.92 Å². The number of halogens is 2. The molecular formula is C29H32Cl2N2O2S. The molecule has 4 nitrogen and oxygen atoms in total. The number of carbonyl (C=O) groups is 2. The van der Waals surface area contributed by atoms with E-state index < -0.39 is 6.04 Å². The van der Waals surface area contributed by atoms with Crippen LogP contribution in [0.4, 0.5) is 0 Å². The summed E-state index contributed by atoms with van der Waals surface area (Å²) in [5, 5.41) is 4.18. The average Bonchev–Trinajstić information content (AvgIpc) is 2.83. The minimum absolute atomic E-state index is 0.0385. The van der Waals surface area contributed by atoms with Gasteiger partial charge in [-0.3, -0.25) is 9.59 Å². The monoisotopic (exact) mass is 542 g/mol. The van der Waals surface area contributed by atoms with E-state index in [4.69, 9.17) is 23.2 Å². The lowest BCUT2D eigenvalue weighted by atomic mass is 10.0. The second-order valence-corrected chi connectivity index (χ2v) is 10.9. The summed E-state index contributed by atoms with van der Waals surface area (Å²) >= 11 is 14.1. The first kappa shape index (κ1) is 28.1. The van der Waals surface area contributed by atoms with E-state index in [9.17, 15) is 9.59 Å². The Bertz CT molecular complexity index is 1150. The molecule has 0 bridgehead atoms. The molecular weight excluding hydrogens is 511 g/mol. The maximum Gasteiger partial charge on any atom is 0.243 e. The number of hydrogen-bond acceptors (Lipinski definition) is 3.